The van der Waals surface area contributed by atoms with Crippen molar-refractivity contribution in [2.75, 3.05) is 4.90 Å². The van der Waals surface area contributed by atoms with Crippen molar-refractivity contribution < 1.29 is 28.0 Å². The number of amides is 1. The molecule has 0 spiro atoms. The van der Waals surface area contributed by atoms with Gasteiger partial charge in [-0.1, -0.05) is 0 Å². The predicted molar refractivity (Wildman–Crippen MR) is 59.1 cm³/mol. The normalized spacial score (nSPS) is 12.8. The van der Waals surface area contributed by atoms with Crippen molar-refractivity contribution in [1.29, 1.82) is 0 Å². The molecule has 1 atom stereocenters. The minimum absolute atomic E-state index is 0.101. The van der Waals surface area contributed by atoms with Crippen LogP contribution in [0, 0.1) is 10.1 Å². The second kappa shape index (κ2) is 5.12. The third-order valence-electron chi connectivity index (χ3n) is 2.41. The fourth-order valence-corrected chi connectivity index (χ4v) is 1.38. The number of non-ortho nitro benzene ring substituents is 1. The van der Waals surface area contributed by atoms with E-state index >= 15 is 0 Å². The Morgan fingerprint density at radius 3 is 2.16 bits per heavy atom. The Kier molecular flexibility index (Phi) is 3.98. The van der Waals surface area contributed by atoms with Gasteiger partial charge in [-0.15, -0.1) is 0 Å². The van der Waals surface area contributed by atoms with Crippen molar-refractivity contribution in [3.05, 3.63) is 34.4 Å². The molecule has 0 aromatic heterocycles. The highest BCUT2D eigenvalue weighted by Crippen LogP contribution is 2.29. The SMILES string of the molecule is CC(N(C(=O)O)c1ccc([N+](=O)[O-])cc1)C(F)(F)F. The molecule has 0 saturated carbocycles. The average molecular weight is 278 g/mol. The highest BCUT2D eigenvalue weighted by molar-refractivity contribution is 5.87. The molecule has 1 rings (SSSR count). The second-order valence-corrected chi connectivity index (χ2v) is 3.64. The molecule has 0 saturated heterocycles. The molecule has 104 valence electrons. The van der Waals surface area contributed by atoms with E-state index in [9.17, 15) is 28.1 Å². The van der Waals surface area contributed by atoms with Crippen LogP contribution in [0.2, 0.25) is 0 Å². The number of carbonyl (C=O) groups is 1. The van der Waals surface area contributed by atoms with E-state index in [2.05, 4.69) is 0 Å². The lowest BCUT2D eigenvalue weighted by molar-refractivity contribution is -0.384. The van der Waals surface area contributed by atoms with Gasteiger partial charge in [0, 0.05) is 17.8 Å². The summed E-state index contributed by atoms with van der Waals surface area (Å²) in [5.41, 5.74) is -0.628. The average Bonchev–Trinajstić information content (AvgIpc) is 2.28. The standard InChI is InChI=1S/C10H9F3N2O4/c1-6(10(11,12)13)14(9(16)17)7-2-4-8(5-3-7)15(18)19/h2-6H,1H3,(H,16,17). The summed E-state index contributed by atoms with van der Waals surface area (Å²) in [6.45, 7) is 0.690. The molecule has 6 nitrogen and oxygen atoms in total. The molecule has 19 heavy (non-hydrogen) atoms. The van der Waals surface area contributed by atoms with Gasteiger partial charge in [-0.2, -0.15) is 13.2 Å². The lowest BCUT2D eigenvalue weighted by Gasteiger charge is -2.27. The van der Waals surface area contributed by atoms with E-state index in [1.807, 2.05) is 0 Å². The summed E-state index contributed by atoms with van der Waals surface area (Å²) < 4.78 is 37.6. The first-order valence-corrected chi connectivity index (χ1v) is 4.98. The van der Waals surface area contributed by atoms with E-state index in [0.717, 1.165) is 24.3 Å². The minimum Gasteiger partial charge on any atom is -0.465 e. The van der Waals surface area contributed by atoms with Gasteiger partial charge >= 0.3 is 12.3 Å². The van der Waals surface area contributed by atoms with Gasteiger partial charge in [0.1, 0.15) is 6.04 Å². The number of hydrogen-bond acceptors (Lipinski definition) is 3. The molecule has 0 heterocycles. The molecule has 0 aliphatic heterocycles. The van der Waals surface area contributed by atoms with Gasteiger partial charge in [0.25, 0.3) is 5.69 Å². The molecule has 0 aliphatic rings. The summed E-state index contributed by atoms with van der Waals surface area (Å²) in [6.07, 6.45) is -6.53. The van der Waals surface area contributed by atoms with Crippen LogP contribution < -0.4 is 4.90 Å². The van der Waals surface area contributed by atoms with E-state index in [1.54, 1.807) is 0 Å². The molecular weight excluding hydrogens is 269 g/mol. The fraction of sp³-hybridized carbons (Fsp3) is 0.300. The minimum atomic E-state index is -4.74. The molecular formula is C10H9F3N2O4. The van der Waals surface area contributed by atoms with Crippen LogP contribution in [0.15, 0.2) is 24.3 Å². The van der Waals surface area contributed by atoms with Crippen molar-refractivity contribution in [3.8, 4) is 0 Å². The van der Waals surface area contributed by atoms with Crippen molar-refractivity contribution in [2.45, 2.75) is 19.1 Å². The monoisotopic (exact) mass is 278 g/mol. The Balaban J connectivity index is 3.14. The zero-order valence-corrected chi connectivity index (χ0v) is 9.59. The third kappa shape index (κ3) is 3.33. The van der Waals surface area contributed by atoms with Gasteiger partial charge in [-0.25, -0.2) is 4.79 Å². The Morgan fingerprint density at radius 1 is 1.37 bits per heavy atom. The van der Waals surface area contributed by atoms with Crippen LogP contribution in [-0.4, -0.2) is 28.3 Å². The quantitative estimate of drug-likeness (QED) is 0.680. The number of rotatable bonds is 3. The predicted octanol–water partition coefficient (Wildman–Crippen LogP) is 3.03. The first-order chi connectivity index (χ1) is 8.64. The second-order valence-electron chi connectivity index (χ2n) is 3.64. The van der Waals surface area contributed by atoms with Crippen molar-refractivity contribution >= 4 is 17.5 Å². The van der Waals surface area contributed by atoms with Crippen molar-refractivity contribution in [1.82, 2.24) is 0 Å². The number of nitrogens with zero attached hydrogens (tertiary/aromatic N) is 2. The highest BCUT2D eigenvalue weighted by Gasteiger charge is 2.43. The molecule has 1 amide bonds. The van der Waals surface area contributed by atoms with Crippen LogP contribution in [0.5, 0.6) is 0 Å². The Hall–Kier alpha value is -2.32. The third-order valence-corrected chi connectivity index (χ3v) is 2.41. The molecule has 1 aromatic carbocycles. The van der Waals surface area contributed by atoms with E-state index in [1.165, 1.54) is 0 Å². The van der Waals surface area contributed by atoms with E-state index in [0.29, 0.717) is 6.92 Å². The Labute approximate surface area is 105 Å². The molecule has 9 heteroatoms. The van der Waals surface area contributed by atoms with Crippen LogP contribution in [0.25, 0.3) is 0 Å². The summed E-state index contributed by atoms with van der Waals surface area (Å²) in [6, 6.07) is 1.53. The number of alkyl halides is 3. The van der Waals surface area contributed by atoms with Crippen molar-refractivity contribution in [3.63, 3.8) is 0 Å². The molecule has 0 fully saturated rings. The summed E-state index contributed by atoms with van der Waals surface area (Å²) in [5.74, 6) is 0. The first kappa shape index (κ1) is 14.7. The lowest BCUT2D eigenvalue weighted by atomic mass is 10.2. The topological polar surface area (TPSA) is 83.7 Å². The lowest BCUT2D eigenvalue weighted by Crippen LogP contribution is -2.46. The zero-order chi connectivity index (χ0) is 14.8. The zero-order valence-electron chi connectivity index (χ0n) is 9.59. The molecule has 0 bridgehead atoms. The first-order valence-electron chi connectivity index (χ1n) is 4.98. The van der Waals surface area contributed by atoms with Crippen LogP contribution in [-0.2, 0) is 0 Å². The van der Waals surface area contributed by atoms with Crippen LogP contribution >= 0.6 is 0 Å². The number of nitro benzene ring substituents is 1. The van der Waals surface area contributed by atoms with E-state index in [4.69, 9.17) is 5.11 Å². The molecule has 0 aliphatic carbocycles. The van der Waals surface area contributed by atoms with Gasteiger partial charge in [-0.05, 0) is 19.1 Å². The van der Waals surface area contributed by atoms with Gasteiger partial charge in [-0.3, -0.25) is 15.0 Å². The molecule has 1 N–H and O–H groups in total. The van der Waals surface area contributed by atoms with E-state index in [-0.39, 0.29) is 16.3 Å². The summed E-state index contributed by atoms with van der Waals surface area (Å²) in [4.78, 5) is 20.7. The van der Waals surface area contributed by atoms with Crippen LogP contribution in [0.3, 0.4) is 0 Å². The summed E-state index contributed by atoms with van der Waals surface area (Å²) >= 11 is 0. The van der Waals surface area contributed by atoms with Gasteiger partial charge < -0.3 is 5.11 Å². The van der Waals surface area contributed by atoms with Gasteiger partial charge in [0.2, 0.25) is 0 Å². The fourth-order valence-electron chi connectivity index (χ4n) is 1.38. The Morgan fingerprint density at radius 2 is 1.84 bits per heavy atom. The number of benzene rings is 1. The van der Waals surface area contributed by atoms with E-state index < -0.39 is 23.2 Å². The van der Waals surface area contributed by atoms with Gasteiger partial charge in [0.05, 0.1) is 4.92 Å². The highest BCUT2D eigenvalue weighted by atomic mass is 19.4. The van der Waals surface area contributed by atoms with Crippen molar-refractivity contribution in [2.24, 2.45) is 0 Å². The maximum Gasteiger partial charge on any atom is 0.412 e. The number of carboxylic acid groups (broad SMARTS) is 1. The maximum atomic E-state index is 12.5. The number of anilines is 1. The van der Waals surface area contributed by atoms with Gasteiger partial charge in [0.15, 0.2) is 0 Å². The Bertz CT molecular complexity index is 487. The number of halogens is 3. The summed E-state index contributed by atoms with van der Waals surface area (Å²) in [5, 5.41) is 19.2. The summed E-state index contributed by atoms with van der Waals surface area (Å²) in [7, 11) is 0. The number of nitro groups is 1. The van der Waals surface area contributed by atoms with Crippen LogP contribution in [0.4, 0.5) is 29.3 Å². The molecule has 1 unspecified atom stereocenters. The smallest absolute Gasteiger partial charge is 0.412 e. The molecule has 1 aromatic rings. The maximum absolute atomic E-state index is 12.5. The largest absolute Gasteiger partial charge is 0.465 e. The van der Waals surface area contributed by atoms with Crippen LogP contribution in [0.1, 0.15) is 6.92 Å². The molecule has 0 radical (unpaired) electrons. The number of hydrogen-bond donors (Lipinski definition) is 1.